The smallest absolute Gasteiger partial charge is 0.322 e. The Labute approximate surface area is 122 Å². The van der Waals surface area contributed by atoms with Gasteiger partial charge in [0.05, 0.1) is 0 Å². The van der Waals surface area contributed by atoms with E-state index in [1.165, 1.54) is 0 Å². The molecule has 0 radical (unpaired) electrons. The number of benzene rings is 1. The Kier molecular flexibility index (Phi) is 4.76. The molecule has 0 spiro atoms. The van der Waals surface area contributed by atoms with E-state index in [4.69, 9.17) is 4.74 Å². The van der Waals surface area contributed by atoms with Gasteiger partial charge in [0.15, 0.2) is 6.61 Å². The van der Waals surface area contributed by atoms with E-state index in [0.717, 1.165) is 5.56 Å². The molecule has 7 nitrogen and oxygen atoms in total. The van der Waals surface area contributed by atoms with Gasteiger partial charge in [0, 0.05) is 6.54 Å². The zero-order chi connectivity index (χ0) is 15.2. The lowest BCUT2D eigenvalue weighted by Crippen LogP contribution is -2.36. The molecule has 1 saturated heterocycles. The molecule has 1 aliphatic rings. The third kappa shape index (κ3) is 4.20. The minimum atomic E-state index is -0.588. The first-order valence-electron chi connectivity index (χ1n) is 6.63. The summed E-state index contributed by atoms with van der Waals surface area (Å²) in [5, 5.41) is 7.23. The highest BCUT2D eigenvalue weighted by atomic mass is 16.5. The zero-order valence-corrected chi connectivity index (χ0v) is 11.6. The number of para-hydroxylation sites is 1. The van der Waals surface area contributed by atoms with Crippen LogP contribution in [0.2, 0.25) is 0 Å². The fraction of sp³-hybridized carbons (Fsp3) is 0.357. The van der Waals surface area contributed by atoms with E-state index in [-0.39, 0.29) is 25.0 Å². The molecule has 112 valence electrons. The molecule has 1 heterocycles. The van der Waals surface area contributed by atoms with Gasteiger partial charge in [-0.1, -0.05) is 18.2 Å². The number of amides is 4. The molecule has 0 saturated carbocycles. The van der Waals surface area contributed by atoms with Gasteiger partial charge in [-0.3, -0.25) is 14.9 Å². The van der Waals surface area contributed by atoms with E-state index < -0.39 is 12.1 Å². The Balaban J connectivity index is 1.67. The first-order valence-corrected chi connectivity index (χ1v) is 6.63. The normalized spacial score (nSPS) is 17.1. The van der Waals surface area contributed by atoms with Crippen LogP contribution in [-0.4, -0.2) is 37.0 Å². The van der Waals surface area contributed by atoms with Crippen LogP contribution in [0, 0.1) is 6.92 Å². The lowest BCUT2D eigenvalue weighted by molar-refractivity contribution is -0.124. The van der Waals surface area contributed by atoms with Crippen molar-refractivity contribution in [3.05, 3.63) is 29.8 Å². The van der Waals surface area contributed by atoms with Gasteiger partial charge in [-0.15, -0.1) is 0 Å². The predicted molar refractivity (Wildman–Crippen MR) is 74.8 cm³/mol. The van der Waals surface area contributed by atoms with E-state index in [2.05, 4.69) is 16.0 Å². The van der Waals surface area contributed by atoms with Crippen LogP contribution in [0.4, 0.5) is 4.79 Å². The second kappa shape index (κ2) is 6.74. The van der Waals surface area contributed by atoms with Crippen molar-refractivity contribution in [3.8, 4) is 5.75 Å². The van der Waals surface area contributed by atoms with E-state index in [0.29, 0.717) is 12.2 Å². The molecule has 2 rings (SSSR count). The maximum atomic E-state index is 11.6. The average Bonchev–Trinajstić information content (AvgIpc) is 2.76. The Morgan fingerprint density at radius 1 is 1.33 bits per heavy atom. The van der Waals surface area contributed by atoms with Gasteiger partial charge in [0.1, 0.15) is 11.8 Å². The van der Waals surface area contributed by atoms with Gasteiger partial charge >= 0.3 is 6.03 Å². The number of carbonyl (C=O) groups is 3. The molecule has 0 aromatic heterocycles. The molecular weight excluding hydrogens is 274 g/mol. The third-order valence-corrected chi connectivity index (χ3v) is 3.07. The molecule has 3 N–H and O–H groups in total. The number of aryl methyl sites for hydroxylation is 1. The van der Waals surface area contributed by atoms with Crippen molar-refractivity contribution in [3.63, 3.8) is 0 Å². The molecule has 4 amide bonds. The van der Waals surface area contributed by atoms with Crippen LogP contribution in [0.1, 0.15) is 12.0 Å². The van der Waals surface area contributed by atoms with Crippen LogP contribution in [0.25, 0.3) is 0 Å². The van der Waals surface area contributed by atoms with E-state index in [9.17, 15) is 14.4 Å². The molecule has 0 bridgehead atoms. The SMILES string of the molecule is Cc1ccccc1OCC(=O)NCCC1NC(=O)NC1=O. The van der Waals surface area contributed by atoms with Crippen molar-refractivity contribution < 1.29 is 19.1 Å². The summed E-state index contributed by atoms with van der Waals surface area (Å²) in [4.78, 5) is 33.8. The number of imide groups is 1. The fourth-order valence-electron chi connectivity index (χ4n) is 1.93. The maximum absolute atomic E-state index is 11.6. The van der Waals surface area contributed by atoms with Gasteiger partial charge in [0.25, 0.3) is 11.8 Å². The second-order valence-electron chi connectivity index (χ2n) is 4.71. The van der Waals surface area contributed by atoms with Crippen molar-refractivity contribution in [1.82, 2.24) is 16.0 Å². The number of carbonyl (C=O) groups excluding carboxylic acids is 3. The zero-order valence-electron chi connectivity index (χ0n) is 11.6. The Morgan fingerprint density at radius 3 is 2.76 bits per heavy atom. The molecule has 1 aliphatic heterocycles. The molecule has 0 aliphatic carbocycles. The van der Waals surface area contributed by atoms with Crippen LogP contribution in [0.3, 0.4) is 0 Å². The van der Waals surface area contributed by atoms with Crippen LogP contribution in [-0.2, 0) is 9.59 Å². The summed E-state index contributed by atoms with van der Waals surface area (Å²) in [6.07, 6.45) is 0.341. The van der Waals surface area contributed by atoms with Gasteiger partial charge in [0.2, 0.25) is 0 Å². The van der Waals surface area contributed by atoms with Crippen molar-refractivity contribution in [2.75, 3.05) is 13.2 Å². The van der Waals surface area contributed by atoms with Crippen molar-refractivity contribution >= 4 is 17.8 Å². The van der Waals surface area contributed by atoms with E-state index >= 15 is 0 Å². The van der Waals surface area contributed by atoms with Gasteiger partial charge < -0.3 is 15.4 Å². The topological polar surface area (TPSA) is 96.5 Å². The highest BCUT2D eigenvalue weighted by molar-refractivity contribution is 6.04. The van der Waals surface area contributed by atoms with Crippen LogP contribution >= 0.6 is 0 Å². The highest BCUT2D eigenvalue weighted by Crippen LogP contribution is 2.15. The molecule has 21 heavy (non-hydrogen) atoms. The molecule has 1 unspecified atom stereocenters. The summed E-state index contributed by atoms with van der Waals surface area (Å²) in [7, 11) is 0. The first kappa shape index (κ1) is 14.8. The number of ether oxygens (including phenoxy) is 1. The summed E-state index contributed by atoms with van der Waals surface area (Å²) in [5.41, 5.74) is 0.954. The molecule has 1 aromatic rings. The van der Waals surface area contributed by atoms with Crippen molar-refractivity contribution in [2.24, 2.45) is 0 Å². The number of hydrogen-bond acceptors (Lipinski definition) is 4. The standard InChI is InChI=1S/C14H17N3O4/c1-9-4-2-3-5-11(9)21-8-12(18)15-7-6-10-13(19)17-14(20)16-10/h2-5,10H,6-8H2,1H3,(H,15,18)(H2,16,17,19,20). The summed E-state index contributed by atoms with van der Waals surface area (Å²) in [6.45, 7) is 2.09. The molecule has 1 aromatic carbocycles. The number of urea groups is 1. The van der Waals surface area contributed by atoms with Crippen molar-refractivity contribution in [2.45, 2.75) is 19.4 Å². The van der Waals surface area contributed by atoms with E-state index in [1.807, 2.05) is 25.1 Å². The largest absolute Gasteiger partial charge is 0.484 e. The van der Waals surface area contributed by atoms with Gasteiger partial charge in [-0.25, -0.2) is 4.79 Å². The fourth-order valence-corrected chi connectivity index (χ4v) is 1.93. The Morgan fingerprint density at radius 2 is 2.10 bits per heavy atom. The second-order valence-corrected chi connectivity index (χ2v) is 4.71. The predicted octanol–water partition coefficient (Wildman–Crippen LogP) is 0.0881. The lowest BCUT2D eigenvalue weighted by Gasteiger charge is -2.10. The molecule has 7 heteroatoms. The monoisotopic (exact) mass is 291 g/mol. The summed E-state index contributed by atoms with van der Waals surface area (Å²) >= 11 is 0. The minimum Gasteiger partial charge on any atom is -0.484 e. The maximum Gasteiger partial charge on any atom is 0.322 e. The average molecular weight is 291 g/mol. The number of nitrogens with one attached hydrogen (secondary N) is 3. The summed E-state index contributed by atoms with van der Waals surface area (Å²) in [5.74, 6) is 0.0171. The Hall–Kier alpha value is -2.57. The lowest BCUT2D eigenvalue weighted by atomic mass is 10.2. The quantitative estimate of drug-likeness (QED) is 0.647. The summed E-state index contributed by atoms with van der Waals surface area (Å²) in [6, 6.07) is 6.33. The Bertz CT molecular complexity index is 559. The number of hydrogen-bond donors (Lipinski definition) is 3. The number of rotatable bonds is 6. The highest BCUT2D eigenvalue weighted by Gasteiger charge is 2.28. The minimum absolute atomic E-state index is 0.0892. The molecular formula is C14H17N3O4. The summed E-state index contributed by atoms with van der Waals surface area (Å²) < 4.78 is 5.40. The molecule has 1 fully saturated rings. The third-order valence-electron chi connectivity index (χ3n) is 3.07. The van der Waals surface area contributed by atoms with Crippen LogP contribution < -0.4 is 20.7 Å². The van der Waals surface area contributed by atoms with Crippen molar-refractivity contribution in [1.29, 1.82) is 0 Å². The van der Waals surface area contributed by atoms with Crippen LogP contribution in [0.15, 0.2) is 24.3 Å². The molecule has 1 atom stereocenters. The van der Waals surface area contributed by atoms with E-state index in [1.54, 1.807) is 6.07 Å². The first-order chi connectivity index (χ1) is 10.1. The van der Waals surface area contributed by atoms with Gasteiger partial charge in [-0.2, -0.15) is 0 Å². The van der Waals surface area contributed by atoms with Gasteiger partial charge in [-0.05, 0) is 25.0 Å². The van der Waals surface area contributed by atoms with Crippen LogP contribution in [0.5, 0.6) is 5.75 Å².